The van der Waals surface area contributed by atoms with E-state index in [1.54, 1.807) is 50.0 Å². The predicted octanol–water partition coefficient (Wildman–Crippen LogP) is 8.10. The van der Waals surface area contributed by atoms with Gasteiger partial charge >= 0.3 is 18.1 Å². The third-order valence-electron chi connectivity index (χ3n) is 17.7. The minimum atomic E-state index is -2.49. The molecule has 3 aromatic heterocycles. The largest absolute Gasteiger partial charge is 0.322 e. The van der Waals surface area contributed by atoms with Gasteiger partial charge in [0.1, 0.15) is 52.8 Å². The normalized spacial score (nSPS) is 20.3. The van der Waals surface area contributed by atoms with Gasteiger partial charge in [-0.2, -0.15) is 15.3 Å². The molecular formula is C65H78BrF9N18O9. The summed E-state index contributed by atoms with van der Waals surface area (Å²) in [6.45, 7) is 8.85. The summed E-state index contributed by atoms with van der Waals surface area (Å²) in [6.07, 6.45) is -7.89. The predicted molar refractivity (Wildman–Crippen MR) is 354 cm³/mol. The lowest BCUT2D eigenvalue weighted by molar-refractivity contribution is -0.146. The van der Waals surface area contributed by atoms with Gasteiger partial charge in [-0.1, -0.05) is 0 Å². The van der Waals surface area contributed by atoms with E-state index < -0.39 is 86.8 Å². The van der Waals surface area contributed by atoms with E-state index in [0.29, 0.717) is 98.3 Å². The second kappa shape index (κ2) is 32.6. The van der Waals surface area contributed by atoms with E-state index in [-0.39, 0.29) is 105 Å². The van der Waals surface area contributed by atoms with E-state index >= 15 is 0 Å². The average Bonchev–Trinajstić information content (AvgIpc) is 1.62. The Bertz CT molecular complexity index is 3690. The quantitative estimate of drug-likeness (QED) is 0.0530. The van der Waals surface area contributed by atoms with Crippen molar-refractivity contribution in [3.63, 3.8) is 0 Å². The zero-order valence-electron chi connectivity index (χ0n) is 56.8. The van der Waals surface area contributed by atoms with Crippen molar-refractivity contribution >= 4 is 68.8 Å². The van der Waals surface area contributed by atoms with Gasteiger partial charge < -0.3 is 46.6 Å². The second-order valence-electron chi connectivity index (χ2n) is 25.5. The van der Waals surface area contributed by atoms with E-state index in [4.69, 9.17) is 14.5 Å². The number of carbonyl (C=O) groups excluding carboxylic acids is 6. The van der Waals surface area contributed by atoms with E-state index in [0.717, 1.165) is 15.2 Å². The first-order valence-electron chi connectivity index (χ1n) is 32.7. The Kier molecular flexibility index (Phi) is 24.2. The molecule has 0 fully saturated rings. The fourth-order valence-electron chi connectivity index (χ4n) is 12.6. The maximum Gasteiger partial charge on any atom is 0.322 e. The van der Waals surface area contributed by atoms with Crippen LogP contribution in [0.3, 0.4) is 0 Å². The smallest absolute Gasteiger partial charge is 0.317 e. The van der Waals surface area contributed by atoms with Gasteiger partial charge in [0.2, 0.25) is 0 Å². The fraction of sp³-hybridized carbons (Fsp3) is 0.492. The van der Waals surface area contributed by atoms with Crippen LogP contribution in [0.25, 0.3) is 0 Å². The molecule has 0 radical (unpaired) electrons. The van der Waals surface area contributed by atoms with Crippen molar-refractivity contribution in [2.45, 2.75) is 149 Å². The molecule has 12 rings (SSSR count). The van der Waals surface area contributed by atoms with Gasteiger partial charge in [-0.25, -0.2) is 69.1 Å². The fourth-order valence-corrected chi connectivity index (χ4v) is 13.0. The summed E-state index contributed by atoms with van der Waals surface area (Å²) in [6, 6.07) is 11.1. The molecule has 102 heavy (non-hydrogen) atoms. The van der Waals surface area contributed by atoms with Gasteiger partial charge in [0.15, 0.2) is 0 Å². The minimum absolute atomic E-state index is 0.115. The Morgan fingerprint density at radius 1 is 0.480 bits per heavy atom. The molecule has 552 valence electrons. The number of alkyl halides is 6. The number of hydroxylamine groups is 6. The lowest BCUT2D eigenvalue weighted by Crippen LogP contribution is -2.45. The van der Waals surface area contributed by atoms with Crippen LogP contribution >= 0.6 is 15.9 Å². The zero-order valence-corrected chi connectivity index (χ0v) is 58.4. The lowest BCUT2D eigenvalue weighted by Gasteiger charge is -2.33. The third-order valence-corrected chi connectivity index (χ3v) is 18.4. The first-order chi connectivity index (χ1) is 48.4. The van der Waals surface area contributed by atoms with Crippen LogP contribution in [0.5, 0.6) is 0 Å². The number of benzene rings is 3. The number of halogens is 10. The molecule has 0 unspecified atom stereocenters. The molecule has 27 nitrogen and oxygen atoms in total. The summed E-state index contributed by atoms with van der Waals surface area (Å²) < 4.78 is 120. The monoisotopic (exact) mass is 1500 g/mol. The van der Waals surface area contributed by atoms with Gasteiger partial charge in [-0.3, -0.25) is 42.9 Å². The first kappa shape index (κ1) is 75.8. The summed E-state index contributed by atoms with van der Waals surface area (Å²) in [5.74, 6) is -2.43. The van der Waals surface area contributed by atoms with E-state index in [9.17, 15) is 68.3 Å². The van der Waals surface area contributed by atoms with Crippen molar-refractivity contribution < 1.29 is 82.8 Å². The van der Waals surface area contributed by atoms with Crippen molar-refractivity contribution in [3.05, 3.63) is 139 Å². The van der Waals surface area contributed by atoms with Crippen LogP contribution in [-0.2, 0) is 73.0 Å². The number of nitrogens with zero attached hydrogens (tertiary/aromatic N) is 12. The number of urea groups is 3. The van der Waals surface area contributed by atoms with Crippen molar-refractivity contribution in [3.8, 4) is 0 Å². The van der Waals surface area contributed by atoms with Gasteiger partial charge in [-0.05, 0) is 116 Å². The molecule has 6 atom stereocenters. The van der Waals surface area contributed by atoms with Crippen LogP contribution in [0.1, 0.15) is 97.1 Å². The Morgan fingerprint density at radius 2 is 0.765 bits per heavy atom. The number of fused-ring (bicyclic) bond motifs is 9. The van der Waals surface area contributed by atoms with Crippen LogP contribution < -0.4 is 31.9 Å². The van der Waals surface area contributed by atoms with Crippen LogP contribution in [0, 0.1) is 31.3 Å². The highest BCUT2D eigenvalue weighted by Gasteiger charge is 2.42. The number of anilines is 3. The molecule has 0 spiro atoms. The molecule has 6 aliphatic heterocycles. The van der Waals surface area contributed by atoms with Crippen LogP contribution in [0.4, 0.5) is 71.0 Å². The average molecular weight is 1510 g/mol. The van der Waals surface area contributed by atoms with Crippen molar-refractivity contribution in [1.29, 1.82) is 0 Å². The Hall–Kier alpha value is -8.88. The van der Waals surface area contributed by atoms with Crippen LogP contribution in [-0.4, -0.2) is 211 Å². The molecule has 37 heteroatoms. The summed E-state index contributed by atoms with van der Waals surface area (Å²) in [5, 5.41) is 33.2. The second-order valence-corrected chi connectivity index (χ2v) is 26.4. The molecule has 0 saturated heterocycles. The highest BCUT2D eigenvalue weighted by molar-refractivity contribution is 9.10. The topological polar surface area (TPSA) is 275 Å². The summed E-state index contributed by atoms with van der Waals surface area (Å²) in [4.78, 5) is 99.9. The van der Waals surface area contributed by atoms with E-state index in [1.165, 1.54) is 68.3 Å². The van der Waals surface area contributed by atoms with E-state index in [1.807, 2.05) is 20.8 Å². The van der Waals surface area contributed by atoms with Gasteiger partial charge in [-0.15, -0.1) is 0 Å². The summed E-state index contributed by atoms with van der Waals surface area (Å²) >= 11 is 3.10. The van der Waals surface area contributed by atoms with Gasteiger partial charge in [0, 0.05) is 112 Å². The highest BCUT2D eigenvalue weighted by atomic mass is 79.9. The van der Waals surface area contributed by atoms with E-state index in [2.05, 4.69) is 63.1 Å². The van der Waals surface area contributed by atoms with Crippen LogP contribution in [0.15, 0.2) is 59.1 Å². The molecule has 6 N–H and O–H groups in total. The standard InChI is InChI=1S/2C22H27F3N6O3.C21H24BrF3N6O3/c2*1-12-6-14(4-5-17(12)23)27-22(33)30-11-16-18(7-13(30)2)28-31-10-15(8-26-9-19(24)25)34-29(3)21(32)20(16)31;1-11-5-17-14(10-30(11)21(33)27-12-3-4-16(23)15(22)6-12)19-20(32)29(2)34-13(9-31(19)28-17)7-26-8-18(24)25/h2*4-6,13,15,19,26H,7-11H2,1-3H3,(H,27,33);3-4,6,11,13,18,26H,5,7-10H2,1-2H3,(H,27,33)/t13-,15+;13-,15-;11-,13+/m111/s1. The Morgan fingerprint density at radius 3 is 1.04 bits per heavy atom. The Labute approximate surface area is 588 Å². The first-order valence-corrected chi connectivity index (χ1v) is 33.5. The SMILES string of the molecule is C[C@@H]1Cc2nn3c(c2CN1C(=O)Nc1ccc(F)c(Br)c1)C(=O)N(C)O[C@@H](CNCC(F)F)C3.Cc1cc(NC(=O)N2Cc3c(nn4c3C(=O)N(C)O[C@@H](CNCC(F)F)C4)C[C@H]2C)ccc1F.Cc1cc(NC(=O)N2Cc3c(nn4c3C(=O)N(C)O[C@H](CNCC(F)F)C4)C[C@H]2C)ccc1F. The molecule has 3 aromatic carbocycles. The minimum Gasteiger partial charge on any atom is -0.317 e. The maximum absolute atomic E-state index is 13.6. The number of hydrogen-bond acceptors (Lipinski definition) is 15. The number of nitrogens with one attached hydrogen (secondary N) is 6. The molecule has 9 heterocycles. The number of rotatable bonds is 15. The number of aryl methyl sites for hydroxylation is 2. The summed E-state index contributed by atoms with van der Waals surface area (Å²) in [5.41, 5.74) is 7.16. The van der Waals surface area contributed by atoms with Gasteiger partial charge in [0.25, 0.3) is 37.0 Å². The molecule has 9 amide bonds. The lowest BCUT2D eigenvalue weighted by atomic mass is 9.99. The molecule has 6 aliphatic rings. The number of aromatic nitrogens is 6. The maximum atomic E-state index is 13.6. The van der Waals surface area contributed by atoms with Gasteiger partial charge in [0.05, 0.1) is 80.5 Å². The van der Waals surface area contributed by atoms with Crippen molar-refractivity contribution in [2.24, 2.45) is 0 Å². The molecule has 6 aromatic rings. The van der Waals surface area contributed by atoms with Crippen LogP contribution in [0.2, 0.25) is 0 Å². The molecule has 0 bridgehead atoms. The van der Waals surface area contributed by atoms with Crippen molar-refractivity contribution in [1.82, 2.24) is 75.2 Å². The number of carbonyl (C=O) groups is 6. The molecule has 0 aliphatic carbocycles. The highest BCUT2D eigenvalue weighted by Crippen LogP contribution is 2.34. The summed E-state index contributed by atoms with van der Waals surface area (Å²) in [7, 11) is 4.38. The molecular weight excluding hydrogens is 1430 g/mol. The Balaban J connectivity index is 0.000000165. The number of hydrogen-bond donors (Lipinski definition) is 6. The molecule has 0 saturated carbocycles. The third kappa shape index (κ3) is 17.8. The number of amides is 9. The zero-order chi connectivity index (χ0) is 73.7. The van der Waals surface area contributed by atoms with Crippen molar-refractivity contribution in [2.75, 3.05) is 76.4 Å².